The summed E-state index contributed by atoms with van der Waals surface area (Å²) in [4.78, 5) is 1.48. The van der Waals surface area contributed by atoms with Gasteiger partial charge in [-0.15, -0.1) is 11.3 Å². The minimum Gasteiger partial charge on any atom is -0.317 e. The lowest BCUT2D eigenvalue weighted by molar-refractivity contribution is 0.328. The molecule has 0 saturated heterocycles. The Morgan fingerprint density at radius 1 is 1.31 bits per heavy atom. The van der Waals surface area contributed by atoms with Gasteiger partial charge in [-0.25, -0.2) is 0 Å². The minimum absolute atomic E-state index is 0.394. The van der Waals surface area contributed by atoms with Crippen molar-refractivity contribution < 1.29 is 0 Å². The van der Waals surface area contributed by atoms with E-state index in [2.05, 4.69) is 54.2 Å². The normalized spacial score (nSPS) is 12.0. The summed E-state index contributed by atoms with van der Waals surface area (Å²) < 4.78 is 1.24. The van der Waals surface area contributed by atoms with Gasteiger partial charge in [-0.1, -0.05) is 20.8 Å². The Hall–Kier alpha value is 0.140. The van der Waals surface area contributed by atoms with Gasteiger partial charge in [-0.3, -0.25) is 0 Å². The van der Waals surface area contributed by atoms with Crippen LogP contribution in [0.3, 0.4) is 0 Å². The van der Waals surface area contributed by atoms with Crippen LogP contribution in [-0.2, 0) is 6.42 Å². The van der Waals surface area contributed by atoms with Gasteiger partial charge < -0.3 is 5.32 Å². The lowest BCUT2D eigenvalue weighted by Gasteiger charge is -2.24. The van der Waals surface area contributed by atoms with E-state index < -0.39 is 0 Å². The van der Waals surface area contributed by atoms with Crippen molar-refractivity contribution in [2.75, 3.05) is 13.1 Å². The number of nitrogens with one attached hydrogen (secondary N) is 1. The summed E-state index contributed by atoms with van der Waals surface area (Å²) >= 11 is 5.37. The summed E-state index contributed by atoms with van der Waals surface area (Å²) in [5.74, 6) is 0. The number of hydrogen-bond donors (Lipinski definition) is 1. The van der Waals surface area contributed by atoms with Gasteiger partial charge in [0.1, 0.15) is 0 Å². The number of thiophene rings is 1. The van der Waals surface area contributed by atoms with Gasteiger partial charge >= 0.3 is 0 Å². The predicted molar refractivity (Wildman–Crippen MR) is 77.3 cm³/mol. The molecular formula is C13H22BrNS. The van der Waals surface area contributed by atoms with Crippen LogP contribution in [0.5, 0.6) is 0 Å². The Bertz CT molecular complexity index is 307. The van der Waals surface area contributed by atoms with Crippen molar-refractivity contribution in [3.63, 3.8) is 0 Å². The topological polar surface area (TPSA) is 12.0 Å². The average molecular weight is 304 g/mol. The van der Waals surface area contributed by atoms with E-state index in [0.717, 1.165) is 13.1 Å². The highest BCUT2D eigenvalue weighted by Crippen LogP contribution is 2.31. The number of hydrogen-bond acceptors (Lipinski definition) is 2. The van der Waals surface area contributed by atoms with Crippen molar-refractivity contribution in [1.29, 1.82) is 0 Å². The van der Waals surface area contributed by atoms with E-state index in [1.165, 1.54) is 27.9 Å². The van der Waals surface area contributed by atoms with Gasteiger partial charge in [0.2, 0.25) is 0 Å². The van der Waals surface area contributed by atoms with Gasteiger partial charge in [0, 0.05) is 4.88 Å². The van der Waals surface area contributed by atoms with Gasteiger partial charge in [0.05, 0.1) is 3.79 Å². The second-order valence-electron chi connectivity index (χ2n) is 5.05. The molecule has 0 aliphatic heterocycles. The summed E-state index contributed by atoms with van der Waals surface area (Å²) in [5, 5.41) is 3.48. The summed E-state index contributed by atoms with van der Waals surface area (Å²) in [6.07, 6.45) is 3.64. The summed E-state index contributed by atoms with van der Waals surface area (Å²) in [5.41, 5.74) is 0.394. The largest absolute Gasteiger partial charge is 0.317 e. The Labute approximate surface area is 112 Å². The molecule has 1 heterocycles. The molecule has 1 nitrogen and oxygen atoms in total. The maximum absolute atomic E-state index is 3.52. The van der Waals surface area contributed by atoms with E-state index >= 15 is 0 Å². The molecule has 0 atom stereocenters. The third-order valence-corrected chi connectivity index (χ3v) is 4.31. The van der Waals surface area contributed by atoms with E-state index in [0.29, 0.717) is 5.41 Å². The zero-order valence-corrected chi connectivity index (χ0v) is 12.9. The second kappa shape index (κ2) is 6.77. The van der Waals surface area contributed by atoms with Crippen LogP contribution in [0, 0.1) is 5.41 Å². The first-order chi connectivity index (χ1) is 7.53. The van der Waals surface area contributed by atoms with E-state index in [1.54, 1.807) is 0 Å². The Morgan fingerprint density at radius 3 is 2.62 bits per heavy atom. The Balaban J connectivity index is 2.33. The molecule has 1 N–H and O–H groups in total. The smallest absolute Gasteiger partial charge is 0.0701 e. The standard InChI is InChI=1S/C13H22BrNS/c1-4-8-15-9-7-13(2,3)10-11-5-6-12(14)16-11/h5-6,15H,4,7-10H2,1-3H3. The lowest BCUT2D eigenvalue weighted by Crippen LogP contribution is -2.24. The van der Waals surface area contributed by atoms with Crippen LogP contribution in [0.1, 0.15) is 38.5 Å². The van der Waals surface area contributed by atoms with E-state index in [4.69, 9.17) is 0 Å². The molecule has 1 aromatic rings. The Morgan fingerprint density at radius 2 is 2.06 bits per heavy atom. The van der Waals surface area contributed by atoms with Crippen LogP contribution in [0.4, 0.5) is 0 Å². The van der Waals surface area contributed by atoms with Crippen molar-refractivity contribution in [2.45, 2.75) is 40.0 Å². The van der Waals surface area contributed by atoms with Crippen LogP contribution in [0.15, 0.2) is 15.9 Å². The highest BCUT2D eigenvalue weighted by molar-refractivity contribution is 9.11. The molecule has 16 heavy (non-hydrogen) atoms. The maximum atomic E-state index is 3.52. The van der Waals surface area contributed by atoms with Crippen molar-refractivity contribution in [2.24, 2.45) is 5.41 Å². The minimum atomic E-state index is 0.394. The summed E-state index contributed by atoms with van der Waals surface area (Å²) in [6, 6.07) is 4.38. The highest BCUT2D eigenvalue weighted by atomic mass is 79.9. The number of halogens is 1. The molecule has 0 fully saturated rings. The van der Waals surface area contributed by atoms with Gasteiger partial charge in [0.25, 0.3) is 0 Å². The third-order valence-electron chi connectivity index (χ3n) is 2.69. The molecule has 0 radical (unpaired) electrons. The van der Waals surface area contributed by atoms with Crippen molar-refractivity contribution in [3.05, 3.63) is 20.8 Å². The molecule has 3 heteroatoms. The van der Waals surface area contributed by atoms with Crippen molar-refractivity contribution in [1.82, 2.24) is 5.32 Å². The lowest BCUT2D eigenvalue weighted by atomic mass is 9.85. The molecule has 0 unspecified atom stereocenters. The highest BCUT2D eigenvalue weighted by Gasteiger charge is 2.18. The fourth-order valence-electron chi connectivity index (χ4n) is 1.74. The SMILES string of the molecule is CCCNCCC(C)(C)Cc1ccc(Br)s1. The fraction of sp³-hybridized carbons (Fsp3) is 0.692. The molecule has 1 rings (SSSR count). The first-order valence-corrected chi connectivity index (χ1v) is 7.59. The van der Waals surface area contributed by atoms with E-state index in [-0.39, 0.29) is 0 Å². The van der Waals surface area contributed by atoms with Crippen LogP contribution in [-0.4, -0.2) is 13.1 Å². The van der Waals surface area contributed by atoms with Crippen molar-refractivity contribution >= 4 is 27.3 Å². The zero-order chi connectivity index (χ0) is 12.0. The summed E-state index contributed by atoms with van der Waals surface area (Å²) in [7, 11) is 0. The van der Waals surface area contributed by atoms with Crippen LogP contribution in [0.2, 0.25) is 0 Å². The molecule has 0 aromatic carbocycles. The third kappa shape index (κ3) is 5.46. The van der Waals surface area contributed by atoms with E-state index in [1.807, 2.05) is 11.3 Å². The molecule has 0 spiro atoms. The molecule has 0 amide bonds. The van der Waals surface area contributed by atoms with Crippen LogP contribution in [0.25, 0.3) is 0 Å². The average Bonchev–Trinajstić information content (AvgIpc) is 2.58. The van der Waals surface area contributed by atoms with E-state index in [9.17, 15) is 0 Å². The van der Waals surface area contributed by atoms with Crippen molar-refractivity contribution in [3.8, 4) is 0 Å². The zero-order valence-electron chi connectivity index (χ0n) is 10.5. The van der Waals surface area contributed by atoms with Crippen LogP contribution < -0.4 is 5.32 Å². The molecule has 0 bridgehead atoms. The molecular weight excluding hydrogens is 282 g/mol. The van der Waals surface area contributed by atoms with Gasteiger partial charge in [-0.05, 0) is 65.8 Å². The van der Waals surface area contributed by atoms with Gasteiger partial charge in [0.15, 0.2) is 0 Å². The molecule has 0 aliphatic carbocycles. The molecule has 0 saturated carbocycles. The fourth-order valence-corrected chi connectivity index (χ4v) is 3.48. The van der Waals surface area contributed by atoms with Gasteiger partial charge in [-0.2, -0.15) is 0 Å². The maximum Gasteiger partial charge on any atom is 0.0701 e. The second-order valence-corrected chi connectivity index (χ2v) is 7.59. The van der Waals surface area contributed by atoms with Crippen LogP contribution >= 0.6 is 27.3 Å². The Kier molecular flexibility index (Phi) is 6.01. The quantitative estimate of drug-likeness (QED) is 0.733. The molecule has 1 aromatic heterocycles. The first kappa shape index (κ1) is 14.2. The summed E-state index contributed by atoms with van der Waals surface area (Å²) in [6.45, 7) is 9.19. The number of rotatable bonds is 7. The first-order valence-electron chi connectivity index (χ1n) is 5.98. The monoisotopic (exact) mass is 303 g/mol. The molecule has 0 aliphatic rings. The predicted octanol–water partition coefficient (Wildman–Crippen LogP) is 4.47. The molecule has 92 valence electrons.